The van der Waals surface area contributed by atoms with Gasteiger partial charge in [0.05, 0.1) is 22.9 Å². The Bertz CT molecular complexity index is 1970. The van der Waals surface area contributed by atoms with Gasteiger partial charge >= 0.3 is 0 Å². The zero-order valence-electron chi connectivity index (χ0n) is 25.2. The Hall–Kier alpha value is -4.60. The van der Waals surface area contributed by atoms with Gasteiger partial charge in [0.15, 0.2) is 0 Å². The van der Waals surface area contributed by atoms with E-state index < -0.39 is 0 Å². The van der Waals surface area contributed by atoms with Gasteiger partial charge in [0.1, 0.15) is 23.9 Å². The fourth-order valence-electron chi connectivity index (χ4n) is 6.84. The van der Waals surface area contributed by atoms with Crippen molar-refractivity contribution >= 4 is 21.8 Å². The van der Waals surface area contributed by atoms with Gasteiger partial charge in [0.25, 0.3) is 0 Å². The first kappa shape index (κ1) is 27.9. The summed E-state index contributed by atoms with van der Waals surface area (Å²) in [5.74, 6) is 0.197. The summed E-state index contributed by atoms with van der Waals surface area (Å²) in [5.41, 5.74) is 8.47. The van der Waals surface area contributed by atoms with E-state index >= 15 is 0 Å². The first-order valence-electron chi connectivity index (χ1n) is 15.9. The Morgan fingerprint density at radius 1 is 0.733 bits per heavy atom. The Kier molecular flexibility index (Phi) is 7.48. The lowest BCUT2D eigenvalue weighted by Gasteiger charge is -2.15. The Morgan fingerprint density at radius 2 is 1.56 bits per heavy atom. The number of aromatic nitrogens is 5. The van der Waals surface area contributed by atoms with E-state index in [0.717, 1.165) is 94.7 Å². The van der Waals surface area contributed by atoms with Crippen LogP contribution in [-0.4, -0.2) is 74.3 Å². The number of halogens is 1. The van der Waals surface area contributed by atoms with E-state index in [9.17, 15) is 4.39 Å². The van der Waals surface area contributed by atoms with Crippen LogP contribution in [0.15, 0.2) is 73.3 Å². The van der Waals surface area contributed by atoms with Crippen LogP contribution in [0.25, 0.3) is 55.4 Å². The smallest absolute Gasteiger partial charge is 0.127 e. The first-order valence-corrected chi connectivity index (χ1v) is 15.9. The topological polar surface area (TPSA) is 86.0 Å². The van der Waals surface area contributed by atoms with Crippen molar-refractivity contribution in [2.24, 2.45) is 0 Å². The highest BCUT2D eigenvalue weighted by Gasteiger charge is 2.17. The molecule has 0 spiro atoms. The largest absolute Gasteiger partial charge is 0.492 e. The van der Waals surface area contributed by atoms with E-state index in [1.54, 1.807) is 18.5 Å². The highest BCUT2D eigenvalue weighted by molar-refractivity contribution is 6.01. The number of hydrogen-bond donors (Lipinski definition) is 2. The predicted molar refractivity (Wildman–Crippen MR) is 175 cm³/mol. The van der Waals surface area contributed by atoms with Crippen molar-refractivity contribution in [1.82, 2.24) is 34.9 Å². The van der Waals surface area contributed by atoms with Gasteiger partial charge in [-0.3, -0.25) is 24.9 Å². The summed E-state index contributed by atoms with van der Waals surface area (Å²) < 4.78 is 20.8. The van der Waals surface area contributed by atoms with Crippen molar-refractivity contribution in [3.05, 3.63) is 84.7 Å². The number of likely N-dealkylation sites (tertiary alicyclic amines) is 2. The van der Waals surface area contributed by atoms with Crippen LogP contribution in [0.3, 0.4) is 0 Å². The zero-order valence-corrected chi connectivity index (χ0v) is 25.2. The molecular formula is C36H36FN7O. The third kappa shape index (κ3) is 5.81. The monoisotopic (exact) mass is 601 g/mol. The van der Waals surface area contributed by atoms with Crippen LogP contribution < -0.4 is 4.74 Å². The van der Waals surface area contributed by atoms with Gasteiger partial charge < -0.3 is 9.72 Å². The molecule has 0 radical (unpaired) electrons. The highest BCUT2D eigenvalue weighted by atomic mass is 19.1. The standard InChI is InChI=1S/C36H36FN7O/c37-28-14-26(15-29(17-28)45-12-11-43-7-1-2-8-43)32-21-39-22-35-30(32)18-34(40-35)36-31-16-25(5-6-33(31)41-42-36)27-13-24(19-38-20-27)23-44-9-3-4-10-44/h5-6,13-22,40H,1-4,7-12,23H2,(H,41,42). The quantitative estimate of drug-likeness (QED) is 0.185. The van der Waals surface area contributed by atoms with Crippen LogP contribution in [0, 0.1) is 5.82 Å². The lowest BCUT2D eigenvalue weighted by molar-refractivity contribution is 0.237. The Labute approximate surface area is 261 Å². The molecule has 6 heterocycles. The van der Waals surface area contributed by atoms with Crippen molar-refractivity contribution < 1.29 is 9.13 Å². The number of aromatic amines is 2. The summed E-state index contributed by atoms with van der Waals surface area (Å²) in [7, 11) is 0. The molecule has 2 saturated heterocycles. The lowest BCUT2D eigenvalue weighted by atomic mass is 10.0. The molecule has 0 saturated carbocycles. The minimum Gasteiger partial charge on any atom is -0.492 e. The average Bonchev–Trinajstić information content (AvgIpc) is 3.88. The zero-order chi connectivity index (χ0) is 30.2. The van der Waals surface area contributed by atoms with Gasteiger partial charge in [0.2, 0.25) is 0 Å². The summed E-state index contributed by atoms with van der Waals surface area (Å²) in [6.07, 6.45) is 12.5. The highest BCUT2D eigenvalue weighted by Crippen LogP contribution is 2.36. The second-order valence-electron chi connectivity index (χ2n) is 12.3. The third-order valence-electron chi connectivity index (χ3n) is 9.15. The van der Waals surface area contributed by atoms with Crippen LogP contribution in [0.1, 0.15) is 31.2 Å². The van der Waals surface area contributed by atoms with Crippen molar-refractivity contribution in [1.29, 1.82) is 0 Å². The van der Waals surface area contributed by atoms with E-state index in [4.69, 9.17) is 9.84 Å². The van der Waals surface area contributed by atoms with Gasteiger partial charge in [-0.2, -0.15) is 5.10 Å². The molecule has 2 N–H and O–H groups in total. The first-order chi connectivity index (χ1) is 22.2. The molecular weight excluding hydrogens is 565 g/mol. The van der Waals surface area contributed by atoms with Crippen LogP contribution >= 0.6 is 0 Å². The molecule has 2 aliphatic rings. The number of nitrogens with zero attached hydrogens (tertiary/aromatic N) is 5. The number of H-pyrrole nitrogens is 2. The molecule has 45 heavy (non-hydrogen) atoms. The van der Waals surface area contributed by atoms with Gasteiger partial charge in [-0.1, -0.05) is 6.07 Å². The predicted octanol–water partition coefficient (Wildman–Crippen LogP) is 7.04. The number of pyridine rings is 2. The molecule has 6 aromatic rings. The van der Waals surface area contributed by atoms with Crippen LogP contribution in [0.5, 0.6) is 5.75 Å². The molecule has 8 rings (SSSR count). The van der Waals surface area contributed by atoms with Gasteiger partial charge in [-0.05, 0) is 105 Å². The SMILES string of the molecule is Fc1cc(OCCN2CCCC2)cc(-c2cncc3[nH]c(-c4n[nH]c5ccc(-c6cncc(CN7CCCC7)c6)cc45)cc23)c1. The molecule has 2 fully saturated rings. The maximum Gasteiger partial charge on any atom is 0.127 e. The normalized spacial score (nSPS) is 15.9. The van der Waals surface area contributed by atoms with Crippen molar-refractivity contribution in [2.75, 3.05) is 39.3 Å². The molecule has 0 unspecified atom stereocenters. The van der Waals surface area contributed by atoms with Crippen LogP contribution in [0.2, 0.25) is 0 Å². The number of ether oxygens (including phenoxy) is 1. The van der Waals surface area contributed by atoms with E-state index in [2.05, 4.69) is 60.2 Å². The molecule has 0 bridgehead atoms. The number of nitrogens with one attached hydrogen (secondary N) is 2. The second kappa shape index (κ2) is 12.1. The average molecular weight is 602 g/mol. The van der Waals surface area contributed by atoms with E-state index in [1.165, 1.54) is 37.3 Å². The van der Waals surface area contributed by atoms with Crippen molar-refractivity contribution in [3.63, 3.8) is 0 Å². The maximum absolute atomic E-state index is 14.8. The lowest BCUT2D eigenvalue weighted by Crippen LogP contribution is -2.25. The maximum atomic E-state index is 14.8. The molecule has 228 valence electrons. The van der Waals surface area contributed by atoms with E-state index in [1.807, 2.05) is 18.5 Å². The van der Waals surface area contributed by atoms with Gasteiger partial charge in [-0.15, -0.1) is 0 Å². The number of rotatable bonds is 9. The molecule has 0 aliphatic carbocycles. The molecule has 0 amide bonds. The molecule has 2 aliphatic heterocycles. The summed E-state index contributed by atoms with van der Waals surface area (Å²) in [6, 6.07) is 15.6. The van der Waals surface area contributed by atoms with E-state index in [0.29, 0.717) is 12.4 Å². The summed E-state index contributed by atoms with van der Waals surface area (Å²) in [4.78, 5) is 17.4. The van der Waals surface area contributed by atoms with E-state index in [-0.39, 0.29) is 5.82 Å². The fourth-order valence-corrected chi connectivity index (χ4v) is 6.84. The van der Waals surface area contributed by atoms with Crippen molar-refractivity contribution in [2.45, 2.75) is 32.2 Å². The number of fused-ring (bicyclic) bond motifs is 2. The molecule has 9 heteroatoms. The minimum absolute atomic E-state index is 0.332. The Morgan fingerprint density at radius 3 is 2.42 bits per heavy atom. The summed E-state index contributed by atoms with van der Waals surface area (Å²) >= 11 is 0. The summed E-state index contributed by atoms with van der Waals surface area (Å²) in [5, 5.41) is 9.84. The fraction of sp³-hybridized carbons (Fsp3) is 0.306. The third-order valence-corrected chi connectivity index (χ3v) is 9.15. The molecule has 2 aromatic carbocycles. The number of benzene rings is 2. The molecule has 0 atom stereocenters. The van der Waals surface area contributed by atoms with Crippen LogP contribution in [-0.2, 0) is 6.54 Å². The number of hydrogen-bond acceptors (Lipinski definition) is 6. The van der Waals surface area contributed by atoms with Crippen molar-refractivity contribution in [3.8, 4) is 39.4 Å². The molecule has 8 nitrogen and oxygen atoms in total. The molecule has 4 aromatic heterocycles. The van der Waals surface area contributed by atoms with Crippen LogP contribution in [0.4, 0.5) is 4.39 Å². The van der Waals surface area contributed by atoms with Gasteiger partial charge in [-0.25, -0.2) is 4.39 Å². The summed E-state index contributed by atoms with van der Waals surface area (Å²) in [6.45, 7) is 6.85. The Balaban J connectivity index is 1.09. The van der Waals surface area contributed by atoms with Gasteiger partial charge in [0, 0.05) is 59.6 Å². The second-order valence-corrected chi connectivity index (χ2v) is 12.3. The minimum atomic E-state index is -0.332.